The molecule has 6 heteroatoms. The summed E-state index contributed by atoms with van der Waals surface area (Å²) in [4.78, 5) is 7.79. The molecule has 15 heavy (non-hydrogen) atoms. The average Bonchev–Trinajstić information content (AvgIpc) is 2.20. The molecule has 2 atom stereocenters. The minimum absolute atomic E-state index is 0.181. The monoisotopic (exact) mass is 228 g/mol. The normalized spacial score (nSPS) is 14.5. The first-order chi connectivity index (χ1) is 7.11. The summed E-state index contributed by atoms with van der Waals surface area (Å²) in [6, 6.07) is 0. The van der Waals surface area contributed by atoms with Gasteiger partial charge < -0.3 is 11.1 Å². The zero-order valence-electron chi connectivity index (χ0n) is 8.93. The molecule has 3 N–H and O–H groups in total. The molecule has 0 spiro atoms. The van der Waals surface area contributed by atoms with Gasteiger partial charge in [0, 0.05) is 28.9 Å². The summed E-state index contributed by atoms with van der Waals surface area (Å²) in [7, 11) is -0.778. The Bertz CT molecular complexity index is 345. The Kier molecular flexibility index (Phi) is 4.48. The molecular formula is C9H16N4OS. The van der Waals surface area contributed by atoms with Crippen LogP contribution in [0.15, 0.2) is 12.5 Å². The molecule has 0 saturated carbocycles. The van der Waals surface area contributed by atoms with Crippen LogP contribution in [0.3, 0.4) is 0 Å². The Morgan fingerprint density at radius 3 is 3.00 bits per heavy atom. The van der Waals surface area contributed by atoms with Crippen LogP contribution < -0.4 is 11.1 Å². The van der Waals surface area contributed by atoms with Gasteiger partial charge in [-0.15, -0.1) is 0 Å². The maximum Gasteiger partial charge on any atom is 0.152 e. The summed E-state index contributed by atoms with van der Waals surface area (Å²) in [6.45, 7) is 2.67. The van der Waals surface area contributed by atoms with Gasteiger partial charge in [0.05, 0.1) is 11.9 Å². The number of nitrogens with one attached hydrogen (secondary N) is 1. The molecule has 0 amide bonds. The fraction of sp³-hybridized carbons (Fsp3) is 0.556. The van der Waals surface area contributed by atoms with Crippen molar-refractivity contribution in [1.82, 2.24) is 9.97 Å². The zero-order valence-corrected chi connectivity index (χ0v) is 9.75. The number of hydrogen-bond acceptors (Lipinski definition) is 5. The molecule has 0 fully saturated rings. The molecule has 1 rings (SSSR count). The van der Waals surface area contributed by atoms with E-state index in [2.05, 4.69) is 15.3 Å². The quantitative estimate of drug-likeness (QED) is 0.772. The SMILES string of the molecule is CC(CCNc1ncncc1N)S(C)=O. The summed E-state index contributed by atoms with van der Waals surface area (Å²) < 4.78 is 11.1. The first-order valence-corrected chi connectivity index (χ1v) is 6.35. The van der Waals surface area contributed by atoms with Crippen LogP contribution >= 0.6 is 0 Å². The first-order valence-electron chi connectivity index (χ1n) is 4.73. The minimum Gasteiger partial charge on any atom is -0.394 e. The molecule has 0 radical (unpaired) electrons. The summed E-state index contributed by atoms with van der Waals surface area (Å²) in [5, 5.41) is 3.27. The van der Waals surface area contributed by atoms with Crippen molar-refractivity contribution in [2.45, 2.75) is 18.6 Å². The van der Waals surface area contributed by atoms with Gasteiger partial charge in [-0.3, -0.25) is 4.21 Å². The third-order valence-corrected chi connectivity index (χ3v) is 3.52. The molecule has 0 saturated heterocycles. The number of aromatic nitrogens is 2. The Morgan fingerprint density at radius 2 is 2.40 bits per heavy atom. The lowest BCUT2D eigenvalue weighted by molar-refractivity contribution is 0.672. The summed E-state index contributed by atoms with van der Waals surface area (Å²) in [5.41, 5.74) is 6.18. The molecule has 0 bridgehead atoms. The third-order valence-electron chi connectivity index (χ3n) is 2.15. The van der Waals surface area contributed by atoms with E-state index in [1.54, 1.807) is 12.5 Å². The fourth-order valence-electron chi connectivity index (χ4n) is 1.05. The highest BCUT2D eigenvalue weighted by Crippen LogP contribution is 2.11. The lowest BCUT2D eigenvalue weighted by atomic mass is 10.3. The minimum atomic E-state index is -0.778. The van der Waals surface area contributed by atoms with E-state index in [1.165, 1.54) is 6.33 Å². The fourth-order valence-corrected chi connectivity index (χ4v) is 1.50. The lowest BCUT2D eigenvalue weighted by Gasteiger charge is -2.10. The Labute approximate surface area is 92.0 Å². The van der Waals surface area contributed by atoms with Gasteiger partial charge in [-0.05, 0) is 6.42 Å². The van der Waals surface area contributed by atoms with E-state index in [0.717, 1.165) is 6.42 Å². The molecular weight excluding hydrogens is 212 g/mol. The van der Waals surface area contributed by atoms with Crippen molar-refractivity contribution in [3.63, 3.8) is 0 Å². The van der Waals surface area contributed by atoms with Crippen molar-refractivity contribution in [3.05, 3.63) is 12.5 Å². The third kappa shape index (κ3) is 3.83. The van der Waals surface area contributed by atoms with Crippen molar-refractivity contribution >= 4 is 22.3 Å². The number of nitrogen functional groups attached to an aromatic ring is 1. The topological polar surface area (TPSA) is 80.9 Å². The molecule has 1 aromatic rings. The Morgan fingerprint density at radius 1 is 1.67 bits per heavy atom. The smallest absolute Gasteiger partial charge is 0.152 e. The van der Waals surface area contributed by atoms with E-state index in [1.807, 2.05) is 6.92 Å². The standard InChI is InChI=1S/C9H16N4OS/c1-7(15(2)14)3-4-12-9-8(10)5-11-6-13-9/h5-7H,3-4,10H2,1-2H3,(H,11,12,13). The van der Waals surface area contributed by atoms with Gasteiger partial charge in [0.1, 0.15) is 6.33 Å². The number of rotatable bonds is 5. The van der Waals surface area contributed by atoms with Gasteiger partial charge in [0.2, 0.25) is 0 Å². The van der Waals surface area contributed by atoms with Gasteiger partial charge in [-0.2, -0.15) is 0 Å². The van der Waals surface area contributed by atoms with Gasteiger partial charge in [0.25, 0.3) is 0 Å². The Hall–Kier alpha value is -1.17. The average molecular weight is 228 g/mol. The van der Waals surface area contributed by atoms with Crippen LogP contribution in [-0.2, 0) is 10.8 Å². The second-order valence-corrected chi connectivity index (χ2v) is 5.15. The van der Waals surface area contributed by atoms with E-state index in [0.29, 0.717) is 18.1 Å². The van der Waals surface area contributed by atoms with Gasteiger partial charge in [0.15, 0.2) is 5.82 Å². The maximum absolute atomic E-state index is 11.1. The molecule has 5 nitrogen and oxygen atoms in total. The first kappa shape index (κ1) is 11.9. The van der Waals surface area contributed by atoms with Crippen LogP contribution in [0.4, 0.5) is 11.5 Å². The summed E-state index contributed by atoms with van der Waals surface area (Å²) in [6.07, 6.45) is 5.53. The Balaban J connectivity index is 2.38. The highest BCUT2D eigenvalue weighted by molar-refractivity contribution is 7.84. The van der Waals surface area contributed by atoms with E-state index in [9.17, 15) is 4.21 Å². The van der Waals surface area contributed by atoms with Crippen molar-refractivity contribution in [2.24, 2.45) is 0 Å². The van der Waals surface area contributed by atoms with Gasteiger partial charge >= 0.3 is 0 Å². The molecule has 0 aromatic carbocycles. The molecule has 2 unspecified atom stereocenters. The molecule has 0 aliphatic rings. The van der Waals surface area contributed by atoms with Crippen LogP contribution in [0.25, 0.3) is 0 Å². The number of hydrogen-bond donors (Lipinski definition) is 2. The number of anilines is 2. The second-order valence-electron chi connectivity index (χ2n) is 3.35. The molecule has 84 valence electrons. The van der Waals surface area contributed by atoms with Crippen LogP contribution in [0, 0.1) is 0 Å². The molecule has 1 aromatic heterocycles. The predicted molar refractivity (Wildman–Crippen MR) is 63.1 cm³/mol. The number of nitrogens with zero attached hydrogens (tertiary/aromatic N) is 2. The largest absolute Gasteiger partial charge is 0.394 e. The zero-order chi connectivity index (χ0) is 11.3. The van der Waals surface area contributed by atoms with Gasteiger partial charge in [-0.25, -0.2) is 9.97 Å². The van der Waals surface area contributed by atoms with Crippen LogP contribution in [-0.4, -0.2) is 32.2 Å². The van der Waals surface area contributed by atoms with Crippen molar-refractivity contribution in [1.29, 1.82) is 0 Å². The molecule has 1 heterocycles. The lowest BCUT2D eigenvalue weighted by Crippen LogP contribution is -2.15. The predicted octanol–water partition coefficient (Wildman–Crippen LogP) is 0.628. The summed E-state index contributed by atoms with van der Waals surface area (Å²) >= 11 is 0. The molecule has 0 aliphatic heterocycles. The van der Waals surface area contributed by atoms with E-state index < -0.39 is 10.8 Å². The number of nitrogens with two attached hydrogens (primary N) is 1. The summed E-state index contributed by atoms with van der Waals surface area (Å²) in [5.74, 6) is 0.638. The van der Waals surface area contributed by atoms with Gasteiger partial charge in [-0.1, -0.05) is 6.92 Å². The van der Waals surface area contributed by atoms with E-state index in [-0.39, 0.29) is 5.25 Å². The van der Waals surface area contributed by atoms with Crippen LogP contribution in [0.5, 0.6) is 0 Å². The van der Waals surface area contributed by atoms with Crippen LogP contribution in [0.2, 0.25) is 0 Å². The highest BCUT2D eigenvalue weighted by Gasteiger charge is 2.06. The van der Waals surface area contributed by atoms with E-state index in [4.69, 9.17) is 5.73 Å². The maximum atomic E-state index is 11.1. The van der Waals surface area contributed by atoms with Crippen LogP contribution in [0.1, 0.15) is 13.3 Å². The molecule has 0 aliphatic carbocycles. The highest BCUT2D eigenvalue weighted by atomic mass is 32.2. The second kappa shape index (κ2) is 5.65. The van der Waals surface area contributed by atoms with Crippen molar-refractivity contribution in [2.75, 3.05) is 23.9 Å². The van der Waals surface area contributed by atoms with Crippen molar-refractivity contribution in [3.8, 4) is 0 Å². The van der Waals surface area contributed by atoms with Crippen molar-refractivity contribution < 1.29 is 4.21 Å². The van der Waals surface area contributed by atoms with E-state index >= 15 is 0 Å².